The van der Waals surface area contributed by atoms with Crippen LogP contribution in [-0.4, -0.2) is 19.6 Å². The predicted molar refractivity (Wildman–Crippen MR) is 68.8 cm³/mol. The molecular formula is C13H12N2O2S. The van der Waals surface area contributed by atoms with Crippen LogP contribution < -0.4 is 0 Å². The summed E-state index contributed by atoms with van der Waals surface area (Å²) in [6, 6.07) is 9.62. The molecule has 4 nitrogen and oxygen atoms in total. The van der Waals surface area contributed by atoms with E-state index in [-0.39, 0.29) is 15.5 Å². The third-order valence-corrected chi connectivity index (χ3v) is 4.37. The summed E-state index contributed by atoms with van der Waals surface area (Å²) >= 11 is 0. The van der Waals surface area contributed by atoms with Gasteiger partial charge in [-0.05, 0) is 31.2 Å². The summed E-state index contributed by atoms with van der Waals surface area (Å²) in [6.07, 6.45) is 2.41. The van der Waals surface area contributed by atoms with Crippen LogP contribution in [0.3, 0.4) is 0 Å². The first kappa shape index (κ1) is 12.4. The number of sulfone groups is 1. The van der Waals surface area contributed by atoms with Crippen molar-refractivity contribution in [3.8, 4) is 0 Å². The van der Waals surface area contributed by atoms with Gasteiger partial charge in [-0.25, -0.2) is 8.42 Å². The number of nitrogens with one attached hydrogen (secondary N) is 1. The first-order valence-electron chi connectivity index (χ1n) is 5.33. The van der Waals surface area contributed by atoms with E-state index in [9.17, 15) is 8.42 Å². The molecule has 1 aromatic heterocycles. The standard InChI is InChI=1S/C13H12N2O2S/c1-10-4-6-11(7-5-10)18(16,17)13-3-2-8-15-12(13)9-14/h2-9,14H,1H3. The van der Waals surface area contributed by atoms with Crippen LogP contribution in [0.1, 0.15) is 11.3 Å². The summed E-state index contributed by atoms with van der Waals surface area (Å²) in [5, 5.41) is 7.21. The van der Waals surface area contributed by atoms with Gasteiger partial charge in [-0.2, -0.15) is 0 Å². The Morgan fingerprint density at radius 2 is 1.83 bits per heavy atom. The minimum absolute atomic E-state index is 0.0591. The Balaban J connectivity index is 2.61. The molecule has 1 aromatic carbocycles. The summed E-state index contributed by atoms with van der Waals surface area (Å²) in [4.78, 5) is 4.16. The van der Waals surface area contributed by atoms with Gasteiger partial charge in [-0.1, -0.05) is 17.7 Å². The fraction of sp³-hybridized carbons (Fsp3) is 0.0769. The summed E-state index contributed by atoms with van der Waals surface area (Å²) in [5.41, 5.74) is 1.14. The lowest BCUT2D eigenvalue weighted by molar-refractivity contribution is 0.595. The van der Waals surface area contributed by atoms with Crippen LogP contribution in [0.5, 0.6) is 0 Å². The van der Waals surface area contributed by atoms with E-state index in [1.165, 1.54) is 12.3 Å². The average molecular weight is 260 g/mol. The lowest BCUT2D eigenvalue weighted by Crippen LogP contribution is -2.06. The van der Waals surface area contributed by atoms with Gasteiger partial charge < -0.3 is 5.41 Å². The summed E-state index contributed by atoms with van der Waals surface area (Å²) < 4.78 is 24.8. The largest absolute Gasteiger partial charge is 0.306 e. The Labute approximate surface area is 106 Å². The van der Waals surface area contributed by atoms with Gasteiger partial charge in [0.25, 0.3) is 0 Å². The predicted octanol–water partition coefficient (Wildman–Crippen LogP) is 2.22. The minimum atomic E-state index is -3.61. The lowest BCUT2D eigenvalue weighted by Gasteiger charge is -2.06. The molecule has 0 spiro atoms. The van der Waals surface area contributed by atoms with E-state index in [1.807, 2.05) is 6.92 Å². The highest BCUT2D eigenvalue weighted by Crippen LogP contribution is 2.22. The van der Waals surface area contributed by atoms with Gasteiger partial charge in [0.15, 0.2) is 0 Å². The van der Waals surface area contributed by atoms with Crippen LogP contribution >= 0.6 is 0 Å². The van der Waals surface area contributed by atoms with Gasteiger partial charge in [-0.15, -0.1) is 0 Å². The smallest absolute Gasteiger partial charge is 0.208 e. The Bertz CT molecular complexity index is 676. The fourth-order valence-electron chi connectivity index (χ4n) is 1.58. The Morgan fingerprint density at radius 3 is 2.44 bits per heavy atom. The van der Waals surface area contributed by atoms with Crippen molar-refractivity contribution in [2.45, 2.75) is 16.7 Å². The molecule has 1 N–H and O–H groups in total. The summed E-state index contributed by atoms with van der Waals surface area (Å²) in [7, 11) is -3.61. The molecule has 0 aliphatic rings. The topological polar surface area (TPSA) is 70.9 Å². The number of pyridine rings is 1. The van der Waals surface area contributed by atoms with Gasteiger partial charge in [-0.3, -0.25) is 4.98 Å². The van der Waals surface area contributed by atoms with E-state index in [2.05, 4.69) is 4.98 Å². The van der Waals surface area contributed by atoms with Crippen LogP contribution in [0.25, 0.3) is 0 Å². The number of hydrogen-bond donors (Lipinski definition) is 1. The van der Waals surface area contributed by atoms with Crippen molar-refractivity contribution in [2.75, 3.05) is 0 Å². The van der Waals surface area contributed by atoms with Crippen molar-refractivity contribution < 1.29 is 8.42 Å². The van der Waals surface area contributed by atoms with Gasteiger partial charge in [0.2, 0.25) is 9.84 Å². The van der Waals surface area contributed by atoms with Crippen molar-refractivity contribution in [1.82, 2.24) is 4.98 Å². The zero-order valence-electron chi connectivity index (χ0n) is 9.79. The first-order valence-corrected chi connectivity index (χ1v) is 6.81. The molecule has 0 saturated heterocycles. The van der Waals surface area contributed by atoms with Crippen molar-refractivity contribution >= 4 is 16.1 Å². The normalized spacial score (nSPS) is 11.2. The number of aryl methyl sites for hydroxylation is 1. The molecule has 0 aliphatic heterocycles. The average Bonchev–Trinajstić information content (AvgIpc) is 2.39. The Kier molecular flexibility index (Phi) is 3.25. The molecule has 0 atom stereocenters. The molecule has 0 unspecified atom stereocenters. The second-order valence-electron chi connectivity index (χ2n) is 3.85. The van der Waals surface area contributed by atoms with E-state index < -0.39 is 9.84 Å². The van der Waals surface area contributed by atoms with Gasteiger partial charge in [0.1, 0.15) is 0 Å². The SMILES string of the molecule is Cc1ccc(S(=O)(=O)c2cccnc2C=N)cc1. The molecule has 0 aliphatic carbocycles. The fourth-order valence-corrected chi connectivity index (χ4v) is 2.98. The molecule has 0 amide bonds. The molecule has 92 valence electrons. The van der Waals surface area contributed by atoms with E-state index in [1.54, 1.807) is 30.3 Å². The van der Waals surface area contributed by atoms with Gasteiger partial charge >= 0.3 is 0 Å². The maximum absolute atomic E-state index is 12.4. The maximum atomic E-state index is 12.4. The molecule has 2 aromatic rings. The van der Waals surface area contributed by atoms with Crippen molar-refractivity contribution in [2.24, 2.45) is 0 Å². The number of rotatable bonds is 3. The van der Waals surface area contributed by atoms with Gasteiger partial charge in [0.05, 0.1) is 15.5 Å². The molecule has 5 heteroatoms. The molecule has 0 bridgehead atoms. The van der Waals surface area contributed by atoms with Crippen molar-refractivity contribution in [3.05, 3.63) is 53.9 Å². The van der Waals surface area contributed by atoms with Crippen LogP contribution in [0.4, 0.5) is 0 Å². The summed E-state index contributed by atoms with van der Waals surface area (Å²) in [5.74, 6) is 0. The zero-order valence-corrected chi connectivity index (χ0v) is 10.6. The maximum Gasteiger partial charge on any atom is 0.208 e. The number of hydrogen-bond acceptors (Lipinski definition) is 4. The quantitative estimate of drug-likeness (QED) is 0.860. The van der Waals surface area contributed by atoms with Crippen LogP contribution in [-0.2, 0) is 9.84 Å². The van der Waals surface area contributed by atoms with E-state index in [4.69, 9.17) is 5.41 Å². The van der Waals surface area contributed by atoms with Crippen LogP contribution in [0, 0.1) is 12.3 Å². The first-order chi connectivity index (χ1) is 8.55. The van der Waals surface area contributed by atoms with Crippen molar-refractivity contribution in [1.29, 1.82) is 5.41 Å². The monoisotopic (exact) mass is 260 g/mol. The second kappa shape index (κ2) is 4.70. The number of nitrogens with zero attached hydrogens (tertiary/aromatic N) is 1. The highest BCUT2D eigenvalue weighted by atomic mass is 32.2. The lowest BCUT2D eigenvalue weighted by atomic mass is 10.2. The van der Waals surface area contributed by atoms with E-state index in [0.717, 1.165) is 11.8 Å². The number of benzene rings is 1. The van der Waals surface area contributed by atoms with Crippen LogP contribution in [0.15, 0.2) is 52.4 Å². The highest BCUT2D eigenvalue weighted by Gasteiger charge is 2.20. The van der Waals surface area contributed by atoms with Crippen molar-refractivity contribution in [3.63, 3.8) is 0 Å². The Morgan fingerprint density at radius 1 is 1.17 bits per heavy atom. The molecule has 0 radical (unpaired) electrons. The molecular weight excluding hydrogens is 248 g/mol. The van der Waals surface area contributed by atoms with E-state index >= 15 is 0 Å². The number of aromatic nitrogens is 1. The molecule has 18 heavy (non-hydrogen) atoms. The van der Waals surface area contributed by atoms with Gasteiger partial charge in [0, 0.05) is 12.4 Å². The zero-order chi connectivity index (χ0) is 13.2. The molecule has 0 saturated carbocycles. The second-order valence-corrected chi connectivity index (χ2v) is 5.77. The van der Waals surface area contributed by atoms with E-state index in [0.29, 0.717) is 0 Å². The Hall–Kier alpha value is -2.01. The highest BCUT2D eigenvalue weighted by molar-refractivity contribution is 7.91. The van der Waals surface area contributed by atoms with Crippen LogP contribution in [0.2, 0.25) is 0 Å². The molecule has 1 heterocycles. The minimum Gasteiger partial charge on any atom is -0.306 e. The molecule has 0 fully saturated rings. The molecule has 2 rings (SSSR count). The summed E-state index contributed by atoms with van der Waals surface area (Å²) in [6.45, 7) is 1.89. The third-order valence-electron chi connectivity index (χ3n) is 2.56. The third kappa shape index (κ3) is 2.17.